The van der Waals surface area contributed by atoms with Crippen LogP contribution in [0.1, 0.15) is 0 Å². The third kappa shape index (κ3) is 10.1. The van der Waals surface area contributed by atoms with E-state index in [0.717, 1.165) is 0 Å². The van der Waals surface area contributed by atoms with E-state index < -0.39 is 12.6 Å². The van der Waals surface area contributed by atoms with Crippen molar-refractivity contribution in [1.29, 1.82) is 0 Å². The predicted molar refractivity (Wildman–Crippen MR) is 42.3 cm³/mol. The molecule has 0 fully saturated rings. The van der Waals surface area contributed by atoms with Gasteiger partial charge in [-0.05, 0) is 12.1 Å². The molecule has 3 nitrogen and oxygen atoms in total. The Hall–Kier alpha value is -1.79. The second-order valence-electron chi connectivity index (χ2n) is 2.11. The van der Waals surface area contributed by atoms with E-state index in [1.807, 2.05) is 0 Å². The summed E-state index contributed by atoms with van der Waals surface area (Å²) in [6, 6.07) is 7.05. The summed E-state index contributed by atoms with van der Waals surface area (Å²) in [6.45, 7) is 0. The minimum Gasteiger partial charge on any atom is -0.456 e. The van der Waals surface area contributed by atoms with E-state index >= 15 is 0 Å². The number of rotatable bonds is 1. The maximum atomic E-state index is 11.5. The molecule has 0 spiro atoms. The topological polar surface area (TPSA) is 46.5 Å². The molecule has 0 aliphatic rings. The van der Waals surface area contributed by atoms with Crippen LogP contribution in [-0.2, 0) is 0 Å². The molecule has 0 amide bonds. The van der Waals surface area contributed by atoms with Crippen LogP contribution in [0.3, 0.4) is 0 Å². The Morgan fingerprint density at radius 2 is 1.60 bits per heavy atom. The van der Waals surface area contributed by atoms with Crippen LogP contribution in [0.4, 0.5) is 22.4 Å². The van der Waals surface area contributed by atoms with E-state index in [1.54, 1.807) is 6.07 Å². The molecule has 1 rings (SSSR count). The number of carboxylic acid groups (broad SMARTS) is 1. The van der Waals surface area contributed by atoms with Gasteiger partial charge in [0.2, 0.25) is 0 Å². The number of halogens is 4. The van der Waals surface area contributed by atoms with Crippen molar-refractivity contribution in [2.24, 2.45) is 0 Å². The van der Waals surface area contributed by atoms with Crippen molar-refractivity contribution in [3.05, 3.63) is 30.3 Å². The van der Waals surface area contributed by atoms with Crippen LogP contribution in [0, 0.1) is 0 Å². The second-order valence-corrected chi connectivity index (χ2v) is 2.11. The van der Waals surface area contributed by atoms with E-state index in [-0.39, 0.29) is 5.75 Å². The minimum atomic E-state index is -4.60. The molecule has 0 unspecified atom stereocenters. The van der Waals surface area contributed by atoms with Crippen molar-refractivity contribution < 1.29 is 32.2 Å². The molecule has 0 radical (unpaired) electrons. The molecule has 1 aromatic rings. The predicted octanol–water partition coefficient (Wildman–Crippen LogP) is 3.22. The highest BCUT2D eigenvalue weighted by Crippen LogP contribution is 2.21. The standard InChI is InChI=1S/C7H5F3O.CHFO2/c8-7(9,10)11-6-4-2-1-3-5-6;2-1(3)4/h1-5H;(H,3,4). The fourth-order valence-corrected chi connectivity index (χ4v) is 0.622. The van der Waals surface area contributed by atoms with Gasteiger partial charge in [-0.3, -0.25) is 0 Å². The van der Waals surface area contributed by atoms with Gasteiger partial charge in [-0.25, -0.2) is 4.79 Å². The van der Waals surface area contributed by atoms with Crippen molar-refractivity contribution in [1.82, 2.24) is 0 Å². The van der Waals surface area contributed by atoms with Gasteiger partial charge in [0.1, 0.15) is 5.75 Å². The van der Waals surface area contributed by atoms with E-state index in [0.29, 0.717) is 0 Å². The number of benzene rings is 1. The zero-order valence-corrected chi connectivity index (χ0v) is 7.16. The fraction of sp³-hybridized carbons (Fsp3) is 0.125. The molecule has 1 N–H and O–H groups in total. The van der Waals surface area contributed by atoms with Gasteiger partial charge in [-0.15, -0.1) is 17.6 Å². The Morgan fingerprint density at radius 3 is 1.93 bits per heavy atom. The first-order valence-electron chi connectivity index (χ1n) is 3.50. The Kier molecular flexibility index (Phi) is 5.14. The summed E-state index contributed by atoms with van der Waals surface area (Å²) in [5.74, 6) is -0.194. The Morgan fingerprint density at radius 1 is 1.20 bits per heavy atom. The third-order valence-corrected chi connectivity index (χ3v) is 0.977. The first-order valence-corrected chi connectivity index (χ1v) is 3.50. The van der Waals surface area contributed by atoms with Crippen molar-refractivity contribution in [2.45, 2.75) is 6.36 Å². The zero-order chi connectivity index (χ0) is 11.9. The van der Waals surface area contributed by atoms with Crippen LogP contribution in [0.25, 0.3) is 0 Å². The van der Waals surface area contributed by atoms with Crippen LogP contribution >= 0.6 is 0 Å². The highest BCUT2D eigenvalue weighted by atomic mass is 19.4. The lowest BCUT2D eigenvalue weighted by molar-refractivity contribution is -0.274. The summed E-state index contributed by atoms with van der Waals surface area (Å²) in [5.41, 5.74) is 0. The van der Waals surface area contributed by atoms with E-state index in [1.165, 1.54) is 24.3 Å². The van der Waals surface area contributed by atoms with Crippen LogP contribution in [0.15, 0.2) is 30.3 Å². The number of hydrogen-bond acceptors (Lipinski definition) is 2. The van der Waals surface area contributed by atoms with Gasteiger partial charge in [-0.1, -0.05) is 18.2 Å². The molecule has 0 aromatic heterocycles. The number of carbonyl (C=O) groups is 1. The van der Waals surface area contributed by atoms with Crippen molar-refractivity contribution in [2.75, 3.05) is 0 Å². The Labute approximate surface area is 81.9 Å². The van der Waals surface area contributed by atoms with Crippen LogP contribution < -0.4 is 4.74 Å². The molecule has 15 heavy (non-hydrogen) atoms. The van der Waals surface area contributed by atoms with Crippen molar-refractivity contribution in [3.8, 4) is 5.75 Å². The average molecular weight is 226 g/mol. The fourth-order valence-electron chi connectivity index (χ4n) is 0.622. The van der Waals surface area contributed by atoms with Gasteiger partial charge in [0.05, 0.1) is 0 Å². The monoisotopic (exact) mass is 226 g/mol. The molecule has 0 saturated heterocycles. The maximum Gasteiger partial charge on any atom is 0.573 e. The molecule has 84 valence electrons. The average Bonchev–Trinajstić information content (AvgIpc) is 2.01. The molecular weight excluding hydrogens is 220 g/mol. The van der Waals surface area contributed by atoms with Gasteiger partial charge < -0.3 is 9.84 Å². The lowest BCUT2D eigenvalue weighted by Crippen LogP contribution is -2.16. The highest BCUT2D eigenvalue weighted by Gasteiger charge is 2.30. The van der Waals surface area contributed by atoms with E-state index in [9.17, 15) is 17.6 Å². The summed E-state index contributed by atoms with van der Waals surface area (Å²) in [6.07, 6.45) is -6.93. The normalized spacial score (nSPS) is 9.87. The van der Waals surface area contributed by atoms with Gasteiger partial charge in [-0.2, -0.15) is 0 Å². The van der Waals surface area contributed by atoms with E-state index in [4.69, 9.17) is 9.90 Å². The quantitative estimate of drug-likeness (QED) is 0.590. The molecule has 1 aromatic carbocycles. The third-order valence-electron chi connectivity index (χ3n) is 0.977. The smallest absolute Gasteiger partial charge is 0.456 e. The molecule has 0 aliphatic carbocycles. The molecule has 0 saturated carbocycles. The number of para-hydroxylation sites is 1. The van der Waals surface area contributed by atoms with Crippen molar-refractivity contribution in [3.63, 3.8) is 0 Å². The summed E-state index contributed by atoms with van der Waals surface area (Å²) in [4.78, 5) is 8.33. The number of hydrogen-bond donors (Lipinski definition) is 1. The van der Waals surface area contributed by atoms with Crippen molar-refractivity contribution >= 4 is 6.22 Å². The highest BCUT2D eigenvalue weighted by molar-refractivity contribution is 5.54. The first kappa shape index (κ1) is 13.2. The second kappa shape index (κ2) is 5.84. The summed E-state index contributed by atoms with van der Waals surface area (Å²) < 4.78 is 48.1. The lowest BCUT2D eigenvalue weighted by atomic mass is 10.3. The van der Waals surface area contributed by atoms with Crippen LogP contribution in [-0.4, -0.2) is 17.7 Å². The largest absolute Gasteiger partial charge is 0.573 e. The van der Waals surface area contributed by atoms with Gasteiger partial charge in [0, 0.05) is 0 Å². The SMILES string of the molecule is FC(F)(F)Oc1ccccc1.O=C(O)F. The van der Waals surface area contributed by atoms with Crippen LogP contribution in [0.5, 0.6) is 5.75 Å². The van der Waals surface area contributed by atoms with Crippen LogP contribution in [0.2, 0.25) is 0 Å². The van der Waals surface area contributed by atoms with Gasteiger partial charge in [0.15, 0.2) is 0 Å². The van der Waals surface area contributed by atoms with E-state index in [2.05, 4.69) is 4.74 Å². The summed E-state index contributed by atoms with van der Waals surface area (Å²) >= 11 is 0. The Balaban J connectivity index is 0.000000423. The molecule has 0 heterocycles. The zero-order valence-electron chi connectivity index (χ0n) is 7.16. The summed E-state index contributed by atoms with van der Waals surface area (Å²) in [5, 5.41) is 6.75. The van der Waals surface area contributed by atoms with Gasteiger partial charge >= 0.3 is 12.6 Å². The number of alkyl halides is 3. The Bertz CT molecular complexity index is 293. The molecule has 0 atom stereocenters. The first-order chi connectivity index (χ1) is 6.81. The lowest BCUT2D eigenvalue weighted by Gasteiger charge is -2.07. The molecule has 7 heteroatoms. The minimum absolute atomic E-state index is 0.194. The molecule has 0 bridgehead atoms. The van der Waals surface area contributed by atoms with Gasteiger partial charge in [0.25, 0.3) is 0 Å². The maximum absolute atomic E-state index is 11.5. The molecule has 0 aliphatic heterocycles. The summed E-state index contributed by atoms with van der Waals surface area (Å²) in [7, 11) is 0. The molecular formula is C8H6F4O3. The number of ether oxygens (including phenoxy) is 1.